The lowest BCUT2D eigenvalue weighted by molar-refractivity contribution is 0.0774. The molecule has 2 aliphatic rings. The highest BCUT2D eigenvalue weighted by atomic mass is 16.5. The number of hydrogen-bond acceptors (Lipinski definition) is 8. The molecule has 1 aromatic heterocycles. The van der Waals surface area contributed by atoms with Gasteiger partial charge in [-0.3, -0.25) is 19.1 Å². The Labute approximate surface area is 255 Å². The van der Waals surface area contributed by atoms with Crippen LogP contribution in [0.4, 0.5) is 5.69 Å². The van der Waals surface area contributed by atoms with Crippen LogP contribution in [0.5, 0.6) is 17.2 Å². The second kappa shape index (κ2) is 12.9. The van der Waals surface area contributed by atoms with Crippen LogP contribution in [0, 0.1) is 6.92 Å². The van der Waals surface area contributed by atoms with Crippen LogP contribution in [0.1, 0.15) is 53.8 Å². The van der Waals surface area contributed by atoms with Crippen LogP contribution in [-0.2, 0) is 6.61 Å². The monoisotopic (exact) mass is 596 g/mol. The number of nitrogens with zero attached hydrogens (tertiary/aromatic N) is 4. The molecule has 0 saturated carbocycles. The van der Waals surface area contributed by atoms with Gasteiger partial charge in [0, 0.05) is 18.8 Å². The van der Waals surface area contributed by atoms with E-state index in [1.54, 1.807) is 67.1 Å². The summed E-state index contributed by atoms with van der Waals surface area (Å²) in [5, 5.41) is 9.81. The van der Waals surface area contributed by atoms with Crippen molar-refractivity contribution in [2.45, 2.75) is 51.7 Å². The first kappa shape index (κ1) is 29.4. The van der Waals surface area contributed by atoms with E-state index in [9.17, 15) is 14.7 Å². The summed E-state index contributed by atoms with van der Waals surface area (Å²) in [6.45, 7) is 3.48. The molecule has 6 rings (SSSR count). The SMILES string of the molecule is COc1cc2c(cc1OCCCCCOc1ccc3nc(C)n(-c4ccc(CO)cc4)c(=O)c3c1)N=C[C@@H]1CCCN1C2=O. The molecule has 0 aliphatic carbocycles. The summed E-state index contributed by atoms with van der Waals surface area (Å²) < 4.78 is 19.1. The van der Waals surface area contributed by atoms with Gasteiger partial charge in [-0.25, -0.2) is 4.98 Å². The summed E-state index contributed by atoms with van der Waals surface area (Å²) in [5.74, 6) is 2.28. The molecule has 1 fully saturated rings. The quantitative estimate of drug-likeness (QED) is 0.238. The number of hydrogen-bond donors (Lipinski definition) is 1. The standard InChI is InChI=1S/C34H36N4O6/c1-22-36-29-13-12-26(17-27(29)34(41)38(22)24-10-8-23(21-39)9-11-24)43-15-4-3-5-16-44-32-19-30-28(18-31(32)42-2)33(40)37-14-6-7-25(37)20-35-30/h8-13,17-20,25,39H,3-7,14-16,21H2,1-2H3/t25-/m0/s1. The molecule has 0 spiro atoms. The molecular weight excluding hydrogens is 560 g/mol. The van der Waals surface area contributed by atoms with E-state index in [1.165, 1.54) is 0 Å². The number of aliphatic imine (C=N–C) groups is 1. The fraction of sp³-hybridized carbons (Fsp3) is 0.353. The maximum absolute atomic E-state index is 13.4. The van der Waals surface area contributed by atoms with E-state index in [1.807, 2.05) is 17.2 Å². The van der Waals surface area contributed by atoms with Crippen molar-refractivity contribution in [1.29, 1.82) is 0 Å². The largest absolute Gasteiger partial charge is 0.494 e. The Balaban J connectivity index is 1.03. The Hall–Kier alpha value is -4.70. The predicted octanol–water partition coefficient (Wildman–Crippen LogP) is 5.14. The molecule has 2 aliphatic heterocycles. The number of fused-ring (bicyclic) bond motifs is 3. The average Bonchev–Trinajstić information content (AvgIpc) is 3.47. The molecule has 1 amide bonds. The van der Waals surface area contributed by atoms with Crippen molar-refractivity contribution in [2.24, 2.45) is 4.99 Å². The van der Waals surface area contributed by atoms with Gasteiger partial charge >= 0.3 is 0 Å². The molecule has 3 heterocycles. The minimum Gasteiger partial charge on any atom is -0.494 e. The third kappa shape index (κ3) is 5.90. The van der Waals surface area contributed by atoms with Gasteiger partial charge in [0.2, 0.25) is 0 Å². The fourth-order valence-corrected chi connectivity index (χ4v) is 5.79. The van der Waals surface area contributed by atoms with Gasteiger partial charge in [-0.1, -0.05) is 12.1 Å². The minimum atomic E-state index is -0.171. The topological polar surface area (TPSA) is 115 Å². The lowest BCUT2D eigenvalue weighted by Crippen LogP contribution is -2.35. The molecule has 3 aromatic carbocycles. The van der Waals surface area contributed by atoms with E-state index in [0.29, 0.717) is 64.1 Å². The molecular formula is C34H36N4O6. The number of aliphatic hydroxyl groups is 1. The Morgan fingerprint density at radius 2 is 1.75 bits per heavy atom. The number of rotatable bonds is 11. The van der Waals surface area contributed by atoms with Crippen molar-refractivity contribution in [3.8, 4) is 22.9 Å². The van der Waals surface area contributed by atoms with Crippen LogP contribution in [0.3, 0.4) is 0 Å². The van der Waals surface area contributed by atoms with E-state index in [2.05, 4.69) is 9.98 Å². The number of aromatic nitrogens is 2. The summed E-state index contributed by atoms with van der Waals surface area (Å²) in [7, 11) is 1.57. The Kier molecular flexibility index (Phi) is 8.60. The third-order valence-electron chi connectivity index (χ3n) is 8.16. The number of aliphatic hydroxyl groups excluding tert-OH is 1. The zero-order valence-electron chi connectivity index (χ0n) is 25.0. The highest BCUT2D eigenvalue weighted by Gasteiger charge is 2.32. The molecule has 1 saturated heterocycles. The number of ether oxygens (including phenoxy) is 3. The lowest BCUT2D eigenvalue weighted by atomic mass is 10.1. The number of benzene rings is 3. The number of carbonyl (C=O) groups excluding carboxylic acids is 1. The average molecular weight is 597 g/mol. The van der Waals surface area contributed by atoms with Gasteiger partial charge < -0.3 is 24.2 Å². The van der Waals surface area contributed by atoms with Gasteiger partial charge in [-0.15, -0.1) is 0 Å². The predicted molar refractivity (Wildman–Crippen MR) is 168 cm³/mol. The van der Waals surface area contributed by atoms with Gasteiger partial charge in [0.15, 0.2) is 11.5 Å². The zero-order valence-corrected chi connectivity index (χ0v) is 25.0. The van der Waals surface area contributed by atoms with Crippen molar-refractivity contribution in [1.82, 2.24) is 14.5 Å². The second-order valence-corrected chi connectivity index (χ2v) is 11.1. The number of aryl methyl sites for hydroxylation is 1. The Bertz CT molecular complexity index is 1760. The van der Waals surface area contributed by atoms with E-state index >= 15 is 0 Å². The summed E-state index contributed by atoms with van der Waals surface area (Å²) in [6, 6.07) is 16.2. The number of methoxy groups -OCH3 is 1. The molecule has 44 heavy (non-hydrogen) atoms. The summed E-state index contributed by atoms with van der Waals surface area (Å²) in [5.41, 5.74) is 3.07. The van der Waals surface area contributed by atoms with Gasteiger partial charge in [-0.2, -0.15) is 0 Å². The first-order chi connectivity index (χ1) is 21.5. The minimum absolute atomic E-state index is 0.0122. The molecule has 0 unspecified atom stereocenters. The van der Waals surface area contributed by atoms with Crippen LogP contribution in [0.15, 0.2) is 64.4 Å². The number of carbonyl (C=O) groups is 1. The first-order valence-electron chi connectivity index (χ1n) is 15.0. The summed E-state index contributed by atoms with van der Waals surface area (Å²) in [6.07, 6.45) is 6.30. The van der Waals surface area contributed by atoms with Crippen molar-refractivity contribution >= 4 is 28.7 Å². The van der Waals surface area contributed by atoms with Crippen LogP contribution in [-0.4, -0.2) is 64.6 Å². The second-order valence-electron chi connectivity index (χ2n) is 11.1. The Morgan fingerprint density at radius 1 is 0.955 bits per heavy atom. The molecule has 10 nitrogen and oxygen atoms in total. The van der Waals surface area contributed by atoms with Crippen molar-refractivity contribution < 1.29 is 24.1 Å². The van der Waals surface area contributed by atoms with Gasteiger partial charge in [0.1, 0.15) is 11.6 Å². The van der Waals surface area contributed by atoms with Gasteiger partial charge in [0.05, 0.1) is 60.8 Å². The molecule has 10 heteroatoms. The van der Waals surface area contributed by atoms with Crippen molar-refractivity contribution in [3.05, 3.63) is 81.9 Å². The highest BCUT2D eigenvalue weighted by Crippen LogP contribution is 2.38. The van der Waals surface area contributed by atoms with Gasteiger partial charge in [0.25, 0.3) is 11.5 Å². The molecule has 1 N–H and O–H groups in total. The van der Waals surface area contributed by atoms with Crippen LogP contribution in [0.2, 0.25) is 0 Å². The summed E-state index contributed by atoms with van der Waals surface area (Å²) in [4.78, 5) is 37.5. The maximum Gasteiger partial charge on any atom is 0.266 e. The van der Waals surface area contributed by atoms with E-state index < -0.39 is 0 Å². The van der Waals surface area contributed by atoms with Crippen LogP contribution in [0.25, 0.3) is 16.6 Å². The summed E-state index contributed by atoms with van der Waals surface area (Å²) >= 11 is 0. The first-order valence-corrected chi connectivity index (χ1v) is 15.0. The zero-order chi connectivity index (χ0) is 30.6. The number of amides is 1. The molecule has 4 aromatic rings. The fourth-order valence-electron chi connectivity index (χ4n) is 5.79. The van der Waals surface area contributed by atoms with Crippen molar-refractivity contribution in [3.63, 3.8) is 0 Å². The van der Waals surface area contributed by atoms with Crippen LogP contribution >= 0.6 is 0 Å². The lowest BCUT2D eigenvalue weighted by Gasteiger charge is -2.20. The molecule has 0 bridgehead atoms. The molecule has 1 atom stereocenters. The maximum atomic E-state index is 13.4. The van der Waals surface area contributed by atoms with Crippen LogP contribution < -0.4 is 19.8 Å². The van der Waals surface area contributed by atoms with Gasteiger partial charge in [-0.05, 0) is 81.0 Å². The van der Waals surface area contributed by atoms with E-state index in [-0.39, 0.29) is 24.1 Å². The molecule has 228 valence electrons. The highest BCUT2D eigenvalue weighted by molar-refractivity contribution is 6.03. The number of unbranched alkanes of at least 4 members (excludes halogenated alkanes) is 2. The smallest absolute Gasteiger partial charge is 0.266 e. The Morgan fingerprint density at radius 3 is 2.52 bits per heavy atom. The van der Waals surface area contributed by atoms with Crippen molar-refractivity contribution in [2.75, 3.05) is 26.9 Å². The molecule has 0 radical (unpaired) electrons. The normalized spacial score (nSPS) is 15.7. The third-order valence-corrected chi connectivity index (χ3v) is 8.16. The van der Waals surface area contributed by atoms with E-state index in [0.717, 1.165) is 44.2 Å². The van der Waals surface area contributed by atoms with E-state index in [4.69, 9.17) is 14.2 Å².